The maximum Gasteiger partial charge on any atom is 0.334 e. The molecule has 0 N–H and O–H groups in total. The first kappa shape index (κ1) is 22.7. The van der Waals surface area contributed by atoms with Gasteiger partial charge in [0.05, 0.1) is 11.8 Å². The monoisotopic (exact) mass is 470 g/mol. The zero-order valence-corrected chi connectivity index (χ0v) is 19.5. The molecular weight excluding hydrogens is 444 g/mol. The second-order valence-corrected chi connectivity index (χ2v) is 8.88. The number of amides is 5. The molecule has 178 valence electrons. The van der Waals surface area contributed by atoms with Crippen molar-refractivity contribution in [2.45, 2.75) is 32.2 Å². The standard InChI is InChI=1S/C27H26N4O4/c1-2-29-25(33)26(34)30(27(29)35)17-22(32)31-24(19-12-7-4-8-13-19)21-15-9-14-20(23(21)28-31)16-18-10-5-3-6-11-18/h3-8,10-13,16,21,24H,2,9,14-15,17H2,1H3/b20-16+/t21-,24-/m1/s1. The van der Waals surface area contributed by atoms with Gasteiger partial charge in [0.15, 0.2) is 0 Å². The third kappa shape index (κ3) is 4.05. The predicted molar refractivity (Wildman–Crippen MR) is 130 cm³/mol. The van der Waals surface area contributed by atoms with Crippen LogP contribution in [0.5, 0.6) is 0 Å². The Bertz CT molecular complexity index is 1240. The molecule has 2 fully saturated rings. The van der Waals surface area contributed by atoms with Crippen molar-refractivity contribution in [3.8, 4) is 0 Å². The van der Waals surface area contributed by atoms with Crippen molar-refractivity contribution in [2.24, 2.45) is 11.0 Å². The van der Waals surface area contributed by atoms with Crippen molar-refractivity contribution in [1.29, 1.82) is 0 Å². The third-order valence-corrected chi connectivity index (χ3v) is 6.78. The molecule has 5 rings (SSSR count). The molecule has 0 bridgehead atoms. The SMILES string of the molecule is CCN1C(=O)C(=O)N(CC(=O)N2N=C3/C(=C/c4ccccc4)CCC[C@H]3[C@H]2c2ccccc2)C1=O. The Morgan fingerprint density at radius 1 is 0.971 bits per heavy atom. The van der Waals surface area contributed by atoms with Gasteiger partial charge in [-0.2, -0.15) is 5.10 Å². The second-order valence-electron chi connectivity index (χ2n) is 8.88. The Kier molecular flexibility index (Phi) is 6.03. The van der Waals surface area contributed by atoms with E-state index in [2.05, 4.69) is 6.08 Å². The van der Waals surface area contributed by atoms with Gasteiger partial charge in [0, 0.05) is 12.5 Å². The van der Waals surface area contributed by atoms with Crippen molar-refractivity contribution >= 4 is 35.5 Å². The molecule has 35 heavy (non-hydrogen) atoms. The Hall–Kier alpha value is -4.07. The van der Waals surface area contributed by atoms with Crippen LogP contribution in [0.1, 0.15) is 43.4 Å². The number of imide groups is 2. The summed E-state index contributed by atoms with van der Waals surface area (Å²) in [7, 11) is 0. The van der Waals surface area contributed by atoms with Gasteiger partial charge >= 0.3 is 17.8 Å². The van der Waals surface area contributed by atoms with E-state index in [0.717, 1.165) is 51.5 Å². The molecule has 1 saturated carbocycles. The van der Waals surface area contributed by atoms with Crippen molar-refractivity contribution in [3.05, 3.63) is 77.4 Å². The molecule has 2 heterocycles. The Balaban J connectivity index is 1.49. The van der Waals surface area contributed by atoms with Crippen molar-refractivity contribution in [3.63, 3.8) is 0 Å². The topological polar surface area (TPSA) is 90.4 Å². The van der Waals surface area contributed by atoms with E-state index in [1.165, 1.54) is 5.01 Å². The van der Waals surface area contributed by atoms with E-state index < -0.39 is 30.3 Å². The molecule has 3 aliphatic rings. The molecule has 8 heteroatoms. The summed E-state index contributed by atoms with van der Waals surface area (Å²) in [5.41, 5.74) is 3.96. The number of benzene rings is 2. The van der Waals surface area contributed by atoms with E-state index in [0.29, 0.717) is 0 Å². The van der Waals surface area contributed by atoms with Crippen molar-refractivity contribution in [1.82, 2.24) is 14.8 Å². The molecule has 2 aliphatic heterocycles. The number of fused-ring (bicyclic) bond motifs is 1. The highest BCUT2D eigenvalue weighted by molar-refractivity contribution is 6.45. The minimum atomic E-state index is -0.976. The van der Waals surface area contributed by atoms with Gasteiger partial charge < -0.3 is 0 Å². The van der Waals surface area contributed by atoms with Crippen LogP contribution in [-0.4, -0.2) is 57.4 Å². The van der Waals surface area contributed by atoms with Crippen molar-refractivity contribution < 1.29 is 19.2 Å². The molecule has 0 radical (unpaired) electrons. The van der Waals surface area contributed by atoms with Crippen LogP contribution in [0.4, 0.5) is 4.79 Å². The van der Waals surface area contributed by atoms with Gasteiger partial charge in [0.2, 0.25) is 0 Å². The van der Waals surface area contributed by atoms with Gasteiger partial charge in [-0.25, -0.2) is 14.7 Å². The number of likely N-dealkylation sites (N-methyl/N-ethyl adjacent to an activating group) is 1. The summed E-state index contributed by atoms with van der Waals surface area (Å²) in [6.45, 7) is 1.16. The zero-order valence-electron chi connectivity index (χ0n) is 19.5. The van der Waals surface area contributed by atoms with Crippen LogP contribution in [0, 0.1) is 5.92 Å². The average molecular weight is 471 g/mol. The summed E-state index contributed by atoms with van der Waals surface area (Å²) in [6.07, 6.45) is 4.82. The minimum Gasteiger partial charge on any atom is -0.271 e. The fourth-order valence-corrected chi connectivity index (χ4v) is 5.12. The van der Waals surface area contributed by atoms with Gasteiger partial charge in [-0.05, 0) is 49.0 Å². The normalized spacial score (nSPS) is 23.2. The maximum atomic E-state index is 13.5. The molecule has 0 spiro atoms. The summed E-state index contributed by atoms with van der Waals surface area (Å²) >= 11 is 0. The first-order valence-corrected chi connectivity index (χ1v) is 11.9. The highest BCUT2D eigenvalue weighted by atomic mass is 16.2. The van der Waals surface area contributed by atoms with Gasteiger partial charge in [0.1, 0.15) is 6.54 Å². The molecule has 2 aromatic carbocycles. The Labute approximate surface area is 203 Å². The molecule has 8 nitrogen and oxygen atoms in total. The lowest BCUT2D eigenvalue weighted by Gasteiger charge is -2.30. The highest BCUT2D eigenvalue weighted by Gasteiger charge is 2.48. The Morgan fingerprint density at radius 2 is 1.63 bits per heavy atom. The van der Waals surface area contributed by atoms with E-state index in [-0.39, 0.29) is 18.5 Å². The van der Waals surface area contributed by atoms with Gasteiger partial charge in [0.25, 0.3) is 5.91 Å². The van der Waals surface area contributed by atoms with Gasteiger partial charge in [-0.3, -0.25) is 19.3 Å². The lowest BCUT2D eigenvalue weighted by atomic mass is 9.77. The number of carbonyl (C=O) groups is 4. The van der Waals surface area contributed by atoms with Crippen LogP contribution < -0.4 is 0 Å². The summed E-state index contributed by atoms with van der Waals surface area (Å²) in [5, 5.41) is 6.20. The van der Waals surface area contributed by atoms with E-state index in [1.54, 1.807) is 6.92 Å². The summed E-state index contributed by atoms with van der Waals surface area (Å²) in [4.78, 5) is 52.2. The first-order valence-electron chi connectivity index (χ1n) is 11.9. The van der Waals surface area contributed by atoms with E-state index in [9.17, 15) is 19.2 Å². The van der Waals surface area contributed by atoms with Crippen LogP contribution in [0.3, 0.4) is 0 Å². The van der Waals surface area contributed by atoms with Crippen LogP contribution in [0.25, 0.3) is 6.08 Å². The summed E-state index contributed by atoms with van der Waals surface area (Å²) < 4.78 is 0. The number of allylic oxidation sites excluding steroid dienone is 1. The number of rotatable bonds is 5. The number of nitrogens with zero attached hydrogens (tertiary/aromatic N) is 4. The zero-order chi connectivity index (χ0) is 24.5. The van der Waals surface area contributed by atoms with Crippen LogP contribution in [-0.2, 0) is 14.4 Å². The van der Waals surface area contributed by atoms with Crippen LogP contribution in [0.15, 0.2) is 71.3 Å². The quantitative estimate of drug-likeness (QED) is 0.493. The third-order valence-electron chi connectivity index (χ3n) is 6.78. The van der Waals surface area contributed by atoms with E-state index in [1.807, 2.05) is 60.7 Å². The predicted octanol–water partition coefficient (Wildman–Crippen LogP) is 3.62. The largest absolute Gasteiger partial charge is 0.334 e. The van der Waals surface area contributed by atoms with Crippen LogP contribution in [0.2, 0.25) is 0 Å². The van der Waals surface area contributed by atoms with Crippen molar-refractivity contribution in [2.75, 3.05) is 13.1 Å². The number of carbonyl (C=O) groups excluding carboxylic acids is 4. The molecule has 5 amide bonds. The smallest absolute Gasteiger partial charge is 0.271 e. The highest BCUT2D eigenvalue weighted by Crippen LogP contribution is 2.44. The molecule has 1 aliphatic carbocycles. The Morgan fingerprint density at radius 3 is 2.29 bits per heavy atom. The fraction of sp³-hybridized carbons (Fsp3) is 0.296. The number of hydrogen-bond donors (Lipinski definition) is 0. The van der Waals surface area contributed by atoms with Gasteiger partial charge in [-0.15, -0.1) is 0 Å². The lowest BCUT2D eigenvalue weighted by Crippen LogP contribution is -2.42. The molecule has 2 aromatic rings. The molecule has 0 unspecified atom stereocenters. The fourth-order valence-electron chi connectivity index (χ4n) is 5.12. The molecule has 0 aromatic heterocycles. The van der Waals surface area contributed by atoms with E-state index in [4.69, 9.17) is 5.10 Å². The molecule has 1 saturated heterocycles. The van der Waals surface area contributed by atoms with Gasteiger partial charge in [-0.1, -0.05) is 60.7 Å². The number of urea groups is 1. The lowest BCUT2D eigenvalue weighted by molar-refractivity contribution is -0.145. The summed E-state index contributed by atoms with van der Waals surface area (Å²) in [6, 6.07) is 18.6. The van der Waals surface area contributed by atoms with Crippen LogP contribution >= 0.6 is 0 Å². The number of hydrogen-bond acceptors (Lipinski definition) is 5. The minimum absolute atomic E-state index is 0.00353. The van der Waals surface area contributed by atoms with E-state index >= 15 is 0 Å². The number of hydrazone groups is 1. The first-order chi connectivity index (χ1) is 17.0. The average Bonchev–Trinajstić information content (AvgIpc) is 3.37. The molecule has 2 atom stereocenters. The molecular formula is C27H26N4O4. The second kappa shape index (κ2) is 9.29. The summed E-state index contributed by atoms with van der Waals surface area (Å²) in [5.74, 6) is -2.37. The maximum absolute atomic E-state index is 13.5.